The number of thiocarbonyl (C=S) groups is 1. The van der Waals surface area contributed by atoms with Crippen molar-refractivity contribution in [1.29, 1.82) is 0 Å². The van der Waals surface area contributed by atoms with Gasteiger partial charge in [0.05, 0.1) is 27.0 Å². The molecule has 1 saturated heterocycles. The highest BCUT2D eigenvalue weighted by atomic mass is 32.1. The topological polar surface area (TPSA) is 34.2 Å². The summed E-state index contributed by atoms with van der Waals surface area (Å²) >= 11 is 5.70. The van der Waals surface area contributed by atoms with Gasteiger partial charge in [-0.05, 0) is 24.3 Å². The van der Waals surface area contributed by atoms with Crippen molar-refractivity contribution in [1.82, 2.24) is 4.90 Å². The molecule has 3 rings (SSSR count). The van der Waals surface area contributed by atoms with E-state index in [2.05, 4.69) is 4.90 Å². The fourth-order valence-electron chi connectivity index (χ4n) is 3.25. The van der Waals surface area contributed by atoms with Crippen molar-refractivity contribution in [3.63, 3.8) is 0 Å². The van der Waals surface area contributed by atoms with Gasteiger partial charge in [0.15, 0.2) is 11.5 Å². The fraction of sp³-hybridized carbons (Fsp3) is 0.350. The molecule has 0 spiro atoms. The fourth-order valence-corrected chi connectivity index (χ4v) is 3.55. The Morgan fingerprint density at radius 2 is 1.52 bits per heavy atom. The molecule has 1 fully saturated rings. The van der Waals surface area contributed by atoms with Gasteiger partial charge in [0.2, 0.25) is 5.75 Å². The van der Waals surface area contributed by atoms with Crippen LogP contribution in [-0.4, -0.2) is 57.4 Å². The number of nitrogens with zero attached hydrogens (tertiary/aromatic N) is 2. The second-order valence-electron chi connectivity index (χ2n) is 6.14. The van der Waals surface area contributed by atoms with Crippen molar-refractivity contribution in [3.8, 4) is 17.2 Å². The van der Waals surface area contributed by atoms with Crippen LogP contribution in [0, 0.1) is 5.82 Å². The molecule has 0 aliphatic carbocycles. The van der Waals surface area contributed by atoms with Gasteiger partial charge in [-0.2, -0.15) is 0 Å². The molecule has 27 heavy (non-hydrogen) atoms. The summed E-state index contributed by atoms with van der Waals surface area (Å²) in [6.07, 6.45) is 0. The molecule has 0 atom stereocenters. The molecule has 1 aliphatic rings. The molecule has 0 N–H and O–H groups in total. The minimum Gasteiger partial charge on any atom is -0.493 e. The first-order chi connectivity index (χ1) is 13.1. The van der Waals surface area contributed by atoms with Crippen LogP contribution >= 0.6 is 12.2 Å². The predicted octanol–water partition coefficient (Wildman–Crippen LogP) is 3.35. The van der Waals surface area contributed by atoms with Gasteiger partial charge in [-0.1, -0.05) is 24.4 Å². The minimum atomic E-state index is -0.196. The standard InChI is InChI=1S/C20H23FN2O3S/c1-24-17-12-14(13-18(25-2)19(17)26-3)20(27)23-10-8-22(9-11-23)16-7-5-4-6-15(16)21/h4-7,12-13H,8-11H2,1-3H3. The summed E-state index contributed by atoms with van der Waals surface area (Å²) in [5, 5.41) is 0. The molecule has 0 aromatic heterocycles. The van der Waals surface area contributed by atoms with Gasteiger partial charge in [0.25, 0.3) is 0 Å². The van der Waals surface area contributed by atoms with Crippen LogP contribution in [0.1, 0.15) is 5.56 Å². The Bertz CT molecular complexity index is 798. The van der Waals surface area contributed by atoms with E-state index in [4.69, 9.17) is 26.4 Å². The first-order valence-corrected chi connectivity index (χ1v) is 9.08. The maximum atomic E-state index is 14.0. The molecule has 1 heterocycles. The average Bonchev–Trinajstić information content (AvgIpc) is 2.72. The number of piperazine rings is 1. The second kappa shape index (κ2) is 8.43. The van der Waals surface area contributed by atoms with Gasteiger partial charge >= 0.3 is 0 Å². The third kappa shape index (κ3) is 3.93. The minimum absolute atomic E-state index is 0.196. The zero-order valence-electron chi connectivity index (χ0n) is 15.7. The molecule has 0 radical (unpaired) electrons. The number of ether oxygens (including phenoxy) is 3. The van der Waals surface area contributed by atoms with Crippen LogP contribution in [0.2, 0.25) is 0 Å². The van der Waals surface area contributed by atoms with E-state index in [0.29, 0.717) is 54.1 Å². The summed E-state index contributed by atoms with van der Waals surface area (Å²) in [6.45, 7) is 2.82. The summed E-state index contributed by atoms with van der Waals surface area (Å²) in [7, 11) is 4.73. The molecule has 0 amide bonds. The lowest BCUT2D eigenvalue weighted by molar-refractivity contribution is 0.324. The largest absolute Gasteiger partial charge is 0.493 e. The van der Waals surface area contributed by atoms with Crippen molar-refractivity contribution in [2.45, 2.75) is 0 Å². The number of hydrogen-bond donors (Lipinski definition) is 0. The van der Waals surface area contributed by atoms with E-state index in [1.165, 1.54) is 6.07 Å². The Labute approximate surface area is 164 Å². The molecule has 2 aromatic rings. The third-order valence-electron chi connectivity index (χ3n) is 4.67. The third-order valence-corrected chi connectivity index (χ3v) is 5.17. The molecule has 144 valence electrons. The Morgan fingerprint density at radius 3 is 2.04 bits per heavy atom. The highest BCUT2D eigenvalue weighted by Crippen LogP contribution is 2.38. The van der Waals surface area contributed by atoms with E-state index >= 15 is 0 Å². The summed E-state index contributed by atoms with van der Waals surface area (Å²) < 4.78 is 30.2. The molecule has 0 bridgehead atoms. The maximum absolute atomic E-state index is 14.0. The van der Waals surface area contributed by atoms with Crippen molar-refractivity contribution >= 4 is 22.9 Å². The number of methoxy groups -OCH3 is 3. The van der Waals surface area contributed by atoms with Gasteiger partial charge in [-0.15, -0.1) is 0 Å². The first-order valence-electron chi connectivity index (χ1n) is 8.67. The monoisotopic (exact) mass is 390 g/mol. The Balaban J connectivity index is 1.75. The number of para-hydroxylation sites is 1. The summed E-state index contributed by atoms with van der Waals surface area (Å²) in [6, 6.07) is 10.6. The highest BCUT2D eigenvalue weighted by Gasteiger charge is 2.23. The molecular formula is C20H23FN2O3S. The number of hydrogen-bond acceptors (Lipinski definition) is 5. The Kier molecular flexibility index (Phi) is 6.01. The second-order valence-corrected chi connectivity index (χ2v) is 6.53. The number of anilines is 1. The van der Waals surface area contributed by atoms with E-state index in [9.17, 15) is 4.39 Å². The lowest BCUT2D eigenvalue weighted by Gasteiger charge is -2.37. The molecule has 0 unspecified atom stereocenters. The van der Waals surface area contributed by atoms with Gasteiger partial charge in [-0.3, -0.25) is 0 Å². The molecule has 2 aromatic carbocycles. The van der Waals surface area contributed by atoms with Crippen LogP contribution < -0.4 is 19.1 Å². The number of benzene rings is 2. The van der Waals surface area contributed by atoms with Crippen molar-refractivity contribution in [2.24, 2.45) is 0 Å². The maximum Gasteiger partial charge on any atom is 0.203 e. The predicted molar refractivity (Wildman–Crippen MR) is 108 cm³/mol. The van der Waals surface area contributed by atoms with Crippen molar-refractivity contribution in [3.05, 3.63) is 47.8 Å². The van der Waals surface area contributed by atoms with E-state index in [0.717, 1.165) is 5.56 Å². The zero-order chi connectivity index (χ0) is 19.4. The molecular weight excluding hydrogens is 367 g/mol. The zero-order valence-corrected chi connectivity index (χ0v) is 16.5. The van der Waals surface area contributed by atoms with Crippen LogP contribution in [0.15, 0.2) is 36.4 Å². The van der Waals surface area contributed by atoms with Gasteiger partial charge in [-0.25, -0.2) is 4.39 Å². The summed E-state index contributed by atoms with van der Waals surface area (Å²) in [4.78, 5) is 4.87. The Hall–Kier alpha value is -2.54. The van der Waals surface area contributed by atoms with Crippen molar-refractivity contribution < 1.29 is 18.6 Å². The quantitative estimate of drug-likeness (QED) is 0.729. The molecule has 7 heteroatoms. The summed E-state index contributed by atoms with van der Waals surface area (Å²) in [5.74, 6) is 1.48. The average molecular weight is 390 g/mol. The molecule has 5 nitrogen and oxygen atoms in total. The van der Waals surface area contributed by atoms with Crippen LogP contribution in [-0.2, 0) is 0 Å². The van der Waals surface area contributed by atoms with E-state index in [1.807, 2.05) is 29.2 Å². The lowest BCUT2D eigenvalue weighted by atomic mass is 10.1. The van der Waals surface area contributed by atoms with E-state index in [-0.39, 0.29) is 5.82 Å². The highest BCUT2D eigenvalue weighted by molar-refractivity contribution is 7.80. The lowest BCUT2D eigenvalue weighted by Crippen LogP contribution is -2.48. The van der Waals surface area contributed by atoms with Crippen LogP contribution in [0.3, 0.4) is 0 Å². The Morgan fingerprint density at radius 1 is 0.926 bits per heavy atom. The van der Waals surface area contributed by atoms with Crippen LogP contribution in [0.4, 0.5) is 10.1 Å². The normalized spacial score (nSPS) is 14.1. The van der Waals surface area contributed by atoms with Crippen molar-refractivity contribution in [2.75, 3.05) is 52.4 Å². The molecule has 1 aliphatic heterocycles. The van der Waals surface area contributed by atoms with Crippen LogP contribution in [0.5, 0.6) is 17.2 Å². The first kappa shape index (κ1) is 19.2. The van der Waals surface area contributed by atoms with E-state index in [1.54, 1.807) is 27.4 Å². The van der Waals surface area contributed by atoms with Gasteiger partial charge in [0.1, 0.15) is 10.8 Å². The smallest absolute Gasteiger partial charge is 0.203 e. The van der Waals surface area contributed by atoms with Gasteiger partial charge < -0.3 is 24.0 Å². The van der Waals surface area contributed by atoms with E-state index < -0.39 is 0 Å². The van der Waals surface area contributed by atoms with Gasteiger partial charge in [0, 0.05) is 31.7 Å². The molecule has 0 saturated carbocycles. The van der Waals surface area contributed by atoms with Crippen LogP contribution in [0.25, 0.3) is 0 Å². The number of rotatable bonds is 5. The SMILES string of the molecule is COc1cc(C(=S)N2CCN(c3ccccc3F)CC2)cc(OC)c1OC. The number of halogens is 1. The summed E-state index contributed by atoms with van der Waals surface area (Å²) in [5.41, 5.74) is 1.47.